The Balaban J connectivity index is 0.00000220. The third-order valence-corrected chi connectivity index (χ3v) is 3.91. The zero-order valence-corrected chi connectivity index (χ0v) is 13.6. The number of likely N-dealkylation sites (tertiary alicyclic amines) is 1. The molecule has 1 aliphatic rings. The first-order chi connectivity index (χ1) is 9.81. The van der Waals surface area contributed by atoms with Crippen molar-refractivity contribution < 1.29 is 9.47 Å². The van der Waals surface area contributed by atoms with Crippen LogP contribution in [0.4, 0.5) is 0 Å². The number of ether oxygens (including phenoxy) is 2. The number of rotatable bonds is 7. The molecule has 0 spiro atoms. The van der Waals surface area contributed by atoms with Gasteiger partial charge in [-0.1, -0.05) is 0 Å². The molecule has 120 valence electrons. The molecule has 4 nitrogen and oxygen atoms in total. The molecule has 1 unspecified atom stereocenters. The van der Waals surface area contributed by atoms with Crippen LogP contribution >= 0.6 is 12.4 Å². The highest BCUT2D eigenvalue weighted by Crippen LogP contribution is 2.19. The fraction of sp³-hybridized carbons (Fsp3) is 0.625. The fourth-order valence-corrected chi connectivity index (χ4v) is 2.79. The molecule has 1 aromatic carbocycles. The molecule has 1 heterocycles. The SMILES string of the molecule is COc1ccc(OCCN2CCCC(CCN)C2)cc1.Cl. The molecule has 0 saturated carbocycles. The molecule has 5 heteroatoms. The predicted molar refractivity (Wildman–Crippen MR) is 88.6 cm³/mol. The summed E-state index contributed by atoms with van der Waals surface area (Å²) < 4.78 is 10.9. The van der Waals surface area contributed by atoms with Gasteiger partial charge >= 0.3 is 0 Å². The van der Waals surface area contributed by atoms with E-state index in [0.717, 1.165) is 43.5 Å². The number of methoxy groups -OCH3 is 1. The minimum Gasteiger partial charge on any atom is -0.497 e. The van der Waals surface area contributed by atoms with E-state index in [1.165, 1.54) is 25.9 Å². The van der Waals surface area contributed by atoms with Crippen molar-refractivity contribution in [3.8, 4) is 11.5 Å². The van der Waals surface area contributed by atoms with Crippen molar-refractivity contribution in [2.75, 3.05) is 39.9 Å². The van der Waals surface area contributed by atoms with Crippen molar-refractivity contribution in [2.24, 2.45) is 11.7 Å². The molecule has 21 heavy (non-hydrogen) atoms. The van der Waals surface area contributed by atoms with Gasteiger partial charge in [0.25, 0.3) is 0 Å². The largest absolute Gasteiger partial charge is 0.497 e. The van der Waals surface area contributed by atoms with Crippen LogP contribution in [-0.2, 0) is 0 Å². The van der Waals surface area contributed by atoms with Gasteiger partial charge in [-0.3, -0.25) is 4.90 Å². The van der Waals surface area contributed by atoms with Gasteiger partial charge in [0, 0.05) is 13.1 Å². The molecule has 1 aromatic rings. The number of hydrogen-bond donors (Lipinski definition) is 1. The number of nitrogens with two attached hydrogens (primary N) is 1. The second kappa shape index (κ2) is 9.87. The third-order valence-electron chi connectivity index (χ3n) is 3.91. The second-order valence-electron chi connectivity index (χ2n) is 5.41. The Kier molecular flexibility index (Phi) is 8.50. The van der Waals surface area contributed by atoms with Crippen LogP contribution in [0.25, 0.3) is 0 Å². The van der Waals surface area contributed by atoms with Crippen molar-refractivity contribution in [1.82, 2.24) is 4.90 Å². The van der Waals surface area contributed by atoms with E-state index in [4.69, 9.17) is 15.2 Å². The van der Waals surface area contributed by atoms with Crippen LogP contribution < -0.4 is 15.2 Å². The molecule has 0 amide bonds. The molecule has 0 aromatic heterocycles. The Morgan fingerprint density at radius 1 is 1.24 bits per heavy atom. The minimum atomic E-state index is 0. The van der Waals surface area contributed by atoms with Crippen LogP contribution in [0.2, 0.25) is 0 Å². The summed E-state index contributed by atoms with van der Waals surface area (Å²) in [5, 5.41) is 0. The molecule has 0 bridgehead atoms. The number of piperidine rings is 1. The number of halogens is 1. The number of benzene rings is 1. The first kappa shape index (κ1) is 18.1. The summed E-state index contributed by atoms with van der Waals surface area (Å²) in [5.74, 6) is 2.54. The summed E-state index contributed by atoms with van der Waals surface area (Å²) in [5.41, 5.74) is 5.65. The lowest BCUT2D eigenvalue weighted by atomic mass is 9.95. The van der Waals surface area contributed by atoms with E-state index in [1.54, 1.807) is 7.11 Å². The van der Waals surface area contributed by atoms with E-state index in [9.17, 15) is 0 Å². The van der Waals surface area contributed by atoms with E-state index in [0.29, 0.717) is 0 Å². The van der Waals surface area contributed by atoms with Crippen molar-refractivity contribution >= 4 is 12.4 Å². The van der Waals surface area contributed by atoms with Gasteiger partial charge in [-0.05, 0) is 62.5 Å². The van der Waals surface area contributed by atoms with Crippen molar-refractivity contribution in [2.45, 2.75) is 19.3 Å². The molecule has 0 radical (unpaired) electrons. The van der Waals surface area contributed by atoms with Gasteiger partial charge < -0.3 is 15.2 Å². The predicted octanol–water partition coefficient (Wildman–Crippen LogP) is 2.56. The van der Waals surface area contributed by atoms with E-state index >= 15 is 0 Å². The van der Waals surface area contributed by atoms with Gasteiger partial charge in [0.2, 0.25) is 0 Å². The lowest BCUT2D eigenvalue weighted by Gasteiger charge is -2.32. The molecule has 2 N–H and O–H groups in total. The summed E-state index contributed by atoms with van der Waals surface area (Å²) in [4.78, 5) is 2.49. The highest BCUT2D eigenvalue weighted by molar-refractivity contribution is 5.85. The number of nitrogens with zero attached hydrogens (tertiary/aromatic N) is 1. The van der Waals surface area contributed by atoms with Gasteiger partial charge in [0.05, 0.1) is 7.11 Å². The highest BCUT2D eigenvalue weighted by atomic mass is 35.5. The quantitative estimate of drug-likeness (QED) is 0.840. The maximum atomic E-state index is 5.78. The summed E-state index contributed by atoms with van der Waals surface area (Å²) in [6.07, 6.45) is 3.76. The maximum absolute atomic E-state index is 5.78. The average Bonchev–Trinajstić information content (AvgIpc) is 2.49. The van der Waals surface area contributed by atoms with E-state index < -0.39 is 0 Å². The fourth-order valence-electron chi connectivity index (χ4n) is 2.79. The van der Waals surface area contributed by atoms with Crippen LogP contribution in [0.3, 0.4) is 0 Å². The Labute approximate surface area is 134 Å². The lowest BCUT2D eigenvalue weighted by molar-refractivity contribution is 0.144. The molecule has 0 aliphatic carbocycles. The van der Waals surface area contributed by atoms with E-state index in [1.807, 2.05) is 24.3 Å². The Morgan fingerprint density at radius 2 is 1.95 bits per heavy atom. The first-order valence-corrected chi connectivity index (χ1v) is 7.51. The molecule has 1 fully saturated rings. The topological polar surface area (TPSA) is 47.7 Å². The van der Waals surface area contributed by atoms with Crippen molar-refractivity contribution in [3.05, 3.63) is 24.3 Å². The average molecular weight is 315 g/mol. The molecule has 2 rings (SSSR count). The smallest absolute Gasteiger partial charge is 0.119 e. The van der Waals surface area contributed by atoms with Crippen molar-refractivity contribution in [3.63, 3.8) is 0 Å². The van der Waals surface area contributed by atoms with Gasteiger partial charge in [-0.25, -0.2) is 0 Å². The van der Waals surface area contributed by atoms with E-state index in [-0.39, 0.29) is 12.4 Å². The summed E-state index contributed by atoms with van der Waals surface area (Å²) in [6, 6.07) is 7.75. The Hall–Kier alpha value is -0.970. The highest BCUT2D eigenvalue weighted by Gasteiger charge is 2.18. The third kappa shape index (κ3) is 6.12. The summed E-state index contributed by atoms with van der Waals surface area (Å²) in [6.45, 7) is 4.89. The summed E-state index contributed by atoms with van der Waals surface area (Å²) in [7, 11) is 1.67. The monoisotopic (exact) mass is 314 g/mol. The normalized spacial score (nSPS) is 18.9. The van der Waals surface area contributed by atoms with Crippen LogP contribution in [0, 0.1) is 5.92 Å². The molecular weight excluding hydrogens is 288 g/mol. The minimum absolute atomic E-state index is 0. The zero-order chi connectivity index (χ0) is 14.2. The van der Waals surface area contributed by atoms with Crippen molar-refractivity contribution in [1.29, 1.82) is 0 Å². The van der Waals surface area contributed by atoms with Crippen LogP contribution in [0.15, 0.2) is 24.3 Å². The molecule has 1 saturated heterocycles. The second-order valence-corrected chi connectivity index (χ2v) is 5.41. The Bertz CT molecular complexity index is 384. The zero-order valence-electron chi connectivity index (χ0n) is 12.8. The van der Waals surface area contributed by atoms with Gasteiger partial charge in [0.15, 0.2) is 0 Å². The lowest BCUT2D eigenvalue weighted by Crippen LogP contribution is -2.38. The number of hydrogen-bond acceptors (Lipinski definition) is 4. The first-order valence-electron chi connectivity index (χ1n) is 7.51. The van der Waals surface area contributed by atoms with Gasteiger partial charge in [-0.15, -0.1) is 12.4 Å². The van der Waals surface area contributed by atoms with E-state index in [2.05, 4.69) is 4.90 Å². The standard InChI is InChI=1S/C16H26N2O2.ClH/c1-19-15-4-6-16(7-5-15)20-12-11-18-10-2-3-14(13-18)8-9-17;/h4-7,14H,2-3,8-13,17H2,1H3;1H. The maximum Gasteiger partial charge on any atom is 0.119 e. The summed E-state index contributed by atoms with van der Waals surface area (Å²) >= 11 is 0. The van der Waals surface area contributed by atoms with Crippen LogP contribution in [-0.4, -0.2) is 44.8 Å². The van der Waals surface area contributed by atoms with Gasteiger partial charge in [-0.2, -0.15) is 0 Å². The molecule has 1 aliphatic heterocycles. The molecule has 1 atom stereocenters. The molecular formula is C16H27ClN2O2. The van der Waals surface area contributed by atoms with Crippen LogP contribution in [0.1, 0.15) is 19.3 Å². The van der Waals surface area contributed by atoms with Gasteiger partial charge in [0.1, 0.15) is 18.1 Å². The van der Waals surface area contributed by atoms with Crippen LogP contribution in [0.5, 0.6) is 11.5 Å². The Morgan fingerprint density at radius 3 is 2.62 bits per heavy atom.